The molecule has 158 valence electrons. The molecule has 0 spiro atoms. The highest BCUT2D eigenvalue weighted by Crippen LogP contribution is 2.33. The summed E-state index contributed by atoms with van der Waals surface area (Å²) in [5.41, 5.74) is 0.583. The number of nitrogens with one attached hydrogen (secondary N) is 1. The Morgan fingerprint density at radius 1 is 0.935 bits per heavy atom. The van der Waals surface area contributed by atoms with Gasteiger partial charge in [-0.25, -0.2) is 26.9 Å². The molecule has 31 heavy (non-hydrogen) atoms. The van der Waals surface area contributed by atoms with Crippen LogP contribution in [0.3, 0.4) is 0 Å². The van der Waals surface area contributed by atoms with Gasteiger partial charge in [0.25, 0.3) is 5.91 Å². The average Bonchev–Trinajstić information content (AvgIpc) is 3.15. The van der Waals surface area contributed by atoms with E-state index >= 15 is 0 Å². The highest BCUT2D eigenvalue weighted by molar-refractivity contribution is 6.33. The number of halogens is 6. The molecule has 0 aliphatic carbocycles. The molecule has 4 rings (SSSR count). The van der Waals surface area contributed by atoms with Gasteiger partial charge in [-0.2, -0.15) is 0 Å². The van der Waals surface area contributed by atoms with Crippen LogP contribution in [0.4, 0.5) is 27.6 Å². The Kier molecular flexibility index (Phi) is 5.14. The number of carbonyl (C=O) groups excluding carboxylic acids is 1. The van der Waals surface area contributed by atoms with Crippen LogP contribution in [0.15, 0.2) is 40.8 Å². The fourth-order valence-electron chi connectivity index (χ4n) is 2.92. The van der Waals surface area contributed by atoms with Crippen LogP contribution < -0.4 is 5.32 Å². The van der Waals surface area contributed by atoms with Crippen molar-refractivity contribution in [3.63, 3.8) is 0 Å². The Labute approximate surface area is 176 Å². The summed E-state index contributed by atoms with van der Waals surface area (Å²) in [6, 6.07) is 9.24. The van der Waals surface area contributed by atoms with Gasteiger partial charge in [0, 0.05) is 5.69 Å². The third-order valence-corrected chi connectivity index (χ3v) is 4.76. The second kappa shape index (κ2) is 7.66. The minimum atomic E-state index is -2.36. The molecule has 1 N–H and O–H groups in total. The summed E-state index contributed by atoms with van der Waals surface area (Å²) in [6.07, 6.45) is 0. The maximum Gasteiger partial charge on any atom is 0.261 e. The molecule has 0 atom stereocenters. The van der Waals surface area contributed by atoms with Crippen molar-refractivity contribution in [3.8, 4) is 11.5 Å². The molecule has 4 aromatic rings. The topological polar surface area (TPSA) is 55.1 Å². The van der Waals surface area contributed by atoms with E-state index in [1.54, 1.807) is 12.1 Å². The Bertz CT molecular complexity index is 1340. The zero-order valence-corrected chi connectivity index (χ0v) is 16.3. The predicted molar refractivity (Wildman–Crippen MR) is 103 cm³/mol. The summed E-state index contributed by atoms with van der Waals surface area (Å²) in [5.74, 6) is -12.7. The Morgan fingerprint density at radius 2 is 1.58 bits per heavy atom. The Balaban J connectivity index is 1.72. The smallest absolute Gasteiger partial charge is 0.261 e. The van der Waals surface area contributed by atoms with Crippen molar-refractivity contribution in [1.82, 2.24) is 4.98 Å². The maximum atomic E-state index is 13.9. The van der Waals surface area contributed by atoms with E-state index in [0.717, 1.165) is 5.56 Å². The molecule has 0 unspecified atom stereocenters. The monoisotopic (exact) mass is 452 g/mol. The fraction of sp³-hybridized carbons (Fsp3) is 0.0476. The van der Waals surface area contributed by atoms with E-state index in [-0.39, 0.29) is 22.2 Å². The lowest BCUT2D eigenvalue weighted by Gasteiger charge is -2.10. The zero-order chi connectivity index (χ0) is 22.4. The predicted octanol–water partition coefficient (Wildman–Crippen LogP) is 6.40. The van der Waals surface area contributed by atoms with Gasteiger partial charge in [-0.1, -0.05) is 17.7 Å². The minimum absolute atomic E-state index is 0.0354. The maximum absolute atomic E-state index is 13.9. The number of oxazole rings is 1. The number of aromatic nitrogens is 1. The van der Waals surface area contributed by atoms with Crippen molar-refractivity contribution in [2.75, 3.05) is 5.32 Å². The number of rotatable bonds is 3. The van der Waals surface area contributed by atoms with Crippen LogP contribution in [-0.2, 0) is 0 Å². The number of anilines is 1. The van der Waals surface area contributed by atoms with Crippen LogP contribution in [0, 0.1) is 36.0 Å². The van der Waals surface area contributed by atoms with E-state index < -0.39 is 40.6 Å². The number of fused-ring (bicyclic) bond motifs is 1. The lowest BCUT2D eigenvalue weighted by Crippen LogP contribution is -2.19. The molecule has 3 aromatic carbocycles. The number of aryl methyl sites for hydroxylation is 1. The first kappa shape index (κ1) is 20.8. The molecule has 1 amide bonds. The Hall–Kier alpha value is -3.46. The highest BCUT2D eigenvalue weighted by Gasteiger charge is 2.30. The molecule has 0 aliphatic heterocycles. The number of amides is 1. The van der Waals surface area contributed by atoms with Crippen LogP contribution in [0.2, 0.25) is 5.02 Å². The van der Waals surface area contributed by atoms with E-state index in [1.165, 1.54) is 18.2 Å². The average molecular weight is 453 g/mol. The largest absolute Gasteiger partial charge is 0.436 e. The van der Waals surface area contributed by atoms with Crippen LogP contribution >= 0.6 is 11.6 Å². The van der Waals surface area contributed by atoms with Crippen molar-refractivity contribution < 1.29 is 31.2 Å². The first-order valence-corrected chi connectivity index (χ1v) is 9.05. The summed E-state index contributed by atoms with van der Waals surface area (Å²) < 4.78 is 73.4. The van der Waals surface area contributed by atoms with Crippen LogP contribution in [0.5, 0.6) is 0 Å². The van der Waals surface area contributed by atoms with Gasteiger partial charge in [0.05, 0.1) is 10.6 Å². The number of hydrogen-bond acceptors (Lipinski definition) is 3. The van der Waals surface area contributed by atoms with Crippen LogP contribution in [0.25, 0.3) is 22.6 Å². The lowest BCUT2D eigenvalue weighted by atomic mass is 10.1. The highest BCUT2D eigenvalue weighted by atomic mass is 35.5. The molecule has 1 aromatic heterocycles. The van der Waals surface area contributed by atoms with Crippen molar-refractivity contribution in [3.05, 3.63) is 81.6 Å². The summed E-state index contributed by atoms with van der Waals surface area (Å²) >= 11 is 6.18. The van der Waals surface area contributed by atoms with Gasteiger partial charge in [0.1, 0.15) is 11.1 Å². The molecule has 10 heteroatoms. The fourth-order valence-corrected chi connectivity index (χ4v) is 3.12. The first-order chi connectivity index (χ1) is 14.7. The molecule has 0 fully saturated rings. The SMILES string of the molecule is Cc1ccc2oc(-c3cc(NC(=O)c4c(F)c(F)c(F)c(F)c4F)ccc3Cl)nc2c1. The van der Waals surface area contributed by atoms with Crippen LogP contribution in [0.1, 0.15) is 15.9 Å². The van der Waals surface area contributed by atoms with Crippen molar-refractivity contribution >= 4 is 34.3 Å². The molecule has 0 bridgehead atoms. The van der Waals surface area contributed by atoms with Crippen molar-refractivity contribution in [2.24, 2.45) is 0 Å². The molecule has 0 saturated carbocycles. The molecule has 1 heterocycles. The van der Waals surface area contributed by atoms with E-state index in [2.05, 4.69) is 10.3 Å². The molecular formula is C21H10ClF5N2O2. The molecule has 0 radical (unpaired) electrons. The summed E-state index contributed by atoms with van der Waals surface area (Å²) in [7, 11) is 0. The van der Waals surface area contributed by atoms with Crippen molar-refractivity contribution in [2.45, 2.75) is 6.92 Å². The third-order valence-electron chi connectivity index (χ3n) is 4.43. The van der Waals surface area contributed by atoms with Gasteiger partial charge in [-0.3, -0.25) is 4.79 Å². The first-order valence-electron chi connectivity index (χ1n) is 8.67. The van der Waals surface area contributed by atoms with Crippen LogP contribution in [-0.4, -0.2) is 10.9 Å². The van der Waals surface area contributed by atoms with Gasteiger partial charge in [-0.05, 0) is 42.8 Å². The molecule has 0 aliphatic rings. The summed E-state index contributed by atoms with van der Waals surface area (Å²) in [4.78, 5) is 16.6. The Morgan fingerprint density at radius 3 is 2.26 bits per heavy atom. The third kappa shape index (κ3) is 3.61. The number of hydrogen-bond donors (Lipinski definition) is 1. The lowest BCUT2D eigenvalue weighted by molar-refractivity contribution is 0.101. The second-order valence-corrected chi connectivity index (χ2v) is 6.99. The van der Waals surface area contributed by atoms with Gasteiger partial charge in [0.2, 0.25) is 11.7 Å². The van der Waals surface area contributed by atoms with E-state index in [4.69, 9.17) is 16.0 Å². The van der Waals surface area contributed by atoms with E-state index in [0.29, 0.717) is 11.1 Å². The van der Waals surface area contributed by atoms with Gasteiger partial charge in [0.15, 0.2) is 28.9 Å². The quantitative estimate of drug-likeness (QED) is 0.222. The molecule has 0 saturated heterocycles. The number of carbonyl (C=O) groups is 1. The second-order valence-electron chi connectivity index (χ2n) is 6.58. The van der Waals surface area contributed by atoms with Gasteiger partial charge >= 0.3 is 0 Å². The number of nitrogens with zero attached hydrogens (tertiary/aromatic N) is 1. The molecular weight excluding hydrogens is 443 g/mol. The summed E-state index contributed by atoms with van der Waals surface area (Å²) in [5, 5.41) is 2.28. The normalized spacial score (nSPS) is 11.2. The zero-order valence-electron chi connectivity index (χ0n) is 15.5. The van der Waals surface area contributed by atoms with E-state index in [9.17, 15) is 26.7 Å². The van der Waals surface area contributed by atoms with Crippen molar-refractivity contribution in [1.29, 1.82) is 0 Å². The van der Waals surface area contributed by atoms with Gasteiger partial charge < -0.3 is 9.73 Å². The summed E-state index contributed by atoms with van der Waals surface area (Å²) in [6.45, 7) is 1.87. The number of benzene rings is 3. The van der Waals surface area contributed by atoms with Gasteiger partial charge in [-0.15, -0.1) is 0 Å². The standard InChI is InChI=1S/C21H10ClF5N2O2/c1-8-2-5-13-12(6-8)29-21(31-13)10-7-9(3-4-11(10)22)28-20(30)14-15(23)17(25)19(27)18(26)16(14)24/h2-7H,1H3,(H,28,30). The minimum Gasteiger partial charge on any atom is -0.436 e. The molecule has 4 nitrogen and oxygen atoms in total. The van der Waals surface area contributed by atoms with E-state index in [1.807, 2.05) is 13.0 Å².